The second-order valence-electron chi connectivity index (χ2n) is 4.35. The third-order valence-corrected chi connectivity index (χ3v) is 3.20. The quantitative estimate of drug-likeness (QED) is 0.800. The minimum atomic E-state index is -0.207. The first-order chi connectivity index (χ1) is 7.31. The van der Waals surface area contributed by atoms with E-state index in [4.69, 9.17) is 0 Å². The molecule has 0 atom stereocenters. The molecule has 1 aromatic carbocycles. The molecule has 78 valence electrons. The van der Waals surface area contributed by atoms with E-state index in [-0.39, 0.29) is 5.82 Å². The molecule has 1 saturated carbocycles. The molecule has 0 bridgehead atoms. The Labute approximate surface area is 87.5 Å². The van der Waals surface area contributed by atoms with Crippen molar-refractivity contribution in [3.63, 3.8) is 0 Å². The zero-order valence-electron chi connectivity index (χ0n) is 8.46. The third kappa shape index (κ3) is 1.62. The topological polar surface area (TPSA) is 28.7 Å². The summed E-state index contributed by atoms with van der Waals surface area (Å²) < 4.78 is 12.9. The van der Waals surface area contributed by atoms with Gasteiger partial charge in [-0.1, -0.05) is 19.3 Å². The van der Waals surface area contributed by atoms with Gasteiger partial charge in [-0.25, -0.2) is 9.37 Å². The highest BCUT2D eigenvalue weighted by Gasteiger charge is 2.19. The lowest BCUT2D eigenvalue weighted by molar-refractivity contribution is 0.310. The summed E-state index contributed by atoms with van der Waals surface area (Å²) in [6, 6.07) is 4.69. The van der Waals surface area contributed by atoms with Gasteiger partial charge in [0, 0.05) is 6.42 Å². The SMILES string of the molecule is Fc1ccc2nc(CC3CCC3)[nH]c2c1. The van der Waals surface area contributed by atoms with Crippen molar-refractivity contribution in [3.05, 3.63) is 29.8 Å². The lowest BCUT2D eigenvalue weighted by Gasteiger charge is -2.23. The van der Waals surface area contributed by atoms with Gasteiger partial charge in [0.2, 0.25) is 0 Å². The Hall–Kier alpha value is -1.38. The maximum absolute atomic E-state index is 12.9. The molecule has 0 aliphatic heterocycles. The standard InChI is InChI=1S/C12H13FN2/c13-9-4-5-10-11(7-9)15-12(14-10)6-8-2-1-3-8/h4-5,7-8H,1-3,6H2,(H,14,15). The Morgan fingerprint density at radius 2 is 2.27 bits per heavy atom. The molecule has 0 amide bonds. The van der Waals surface area contributed by atoms with Crippen LogP contribution in [0.25, 0.3) is 11.0 Å². The molecule has 1 N–H and O–H groups in total. The van der Waals surface area contributed by atoms with Crippen LogP contribution >= 0.6 is 0 Å². The average molecular weight is 204 g/mol. The smallest absolute Gasteiger partial charge is 0.125 e. The van der Waals surface area contributed by atoms with E-state index in [2.05, 4.69) is 9.97 Å². The van der Waals surface area contributed by atoms with Gasteiger partial charge >= 0.3 is 0 Å². The second-order valence-corrected chi connectivity index (χ2v) is 4.35. The fourth-order valence-electron chi connectivity index (χ4n) is 2.10. The molecule has 2 aromatic rings. The van der Waals surface area contributed by atoms with Crippen molar-refractivity contribution in [1.82, 2.24) is 9.97 Å². The number of hydrogen-bond donors (Lipinski definition) is 1. The number of imidazole rings is 1. The monoisotopic (exact) mass is 204 g/mol. The minimum absolute atomic E-state index is 0.207. The van der Waals surface area contributed by atoms with Crippen molar-refractivity contribution in [3.8, 4) is 0 Å². The summed E-state index contributed by atoms with van der Waals surface area (Å²) in [5, 5.41) is 0. The summed E-state index contributed by atoms with van der Waals surface area (Å²) >= 11 is 0. The molecule has 0 unspecified atom stereocenters. The van der Waals surface area contributed by atoms with Gasteiger partial charge in [-0.3, -0.25) is 0 Å². The number of nitrogens with zero attached hydrogens (tertiary/aromatic N) is 1. The largest absolute Gasteiger partial charge is 0.342 e. The average Bonchev–Trinajstić information content (AvgIpc) is 2.53. The van der Waals surface area contributed by atoms with E-state index < -0.39 is 0 Å². The number of hydrogen-bond acceptors (Lipinski definition) is 1. The van der Waals surface area contributed by atoms with Gasteiger partial charge in [0.05, 0.1) is 11.0 Å². The zero-order valence-corrected chi connectivity index (χ0v) is 8.46. The molecule has 3 rings (SSSR count). The van der Waals surface area contributed by atoms with Crippen LogP contribution in [0.1, 0.15) is 25.1 Å². The lowest BCUT2D eigenvalue weighted by atomic mass is 9.83. The van der Waals surface area contributed by atoms with Crippen LogP contribution in [-0.2, 0) is 6.42 Å². The first kappa shape index (κ1) is 8.89. The summed E-state index contributed by atoms with van der Waals surface area (Å²) in [7, 11) is 0. The Balaban J connectivity index is 1.91. The van der Waals surface area contributed by atoms with E-state index >= 15 is 0 Å². The molecule has 1 aliphatic carbocycles. The molecule has 0 saturated heterocycles. The molecular formula is C12H13FN2. The number of fused-ring (bicyclic) bond motifs is 1. The molecule has 1 aliphatic rings. The van der Waals surface area contributed by atoms with Gasteiger partial charge in [-0.2, -0.15) is 0 Å². The highest BCUT2D eigenvalue weighted by atomic mass is 19.1. The van der Waals surface area contributed by atoms with Gasteiger partial charge in [0.25, 0.3) is 0 Å². The van der Waals surface area contributed by atoms with Crippen LogP contribution in [0, 0.1) is 11.7 Å². The Morgan fingerprint density at radius 1 is 1.40 bits per heavy atom. The first-order valence-corrected chi connectivity index (χ1v) is 5.45. The van der Waals surface area contributed by atoms with Gasteiger partial charge in [0.1, 0.15) is 11.6 Å². The van der Waals surface area contributed by atoms with E-state index in [9.17, 15) is 4.39 Å². The Morgan fingerprint density at radius 3 is 3.00 bits per heavy atom. The van der Waals surface area contributed by atoms with Crippen molar-refractivity contribution in [2.45, 2.75) is 25.7 Å². The molecular weight excluding hydrogens is 191 g/mol. The van der Waals surface area contributed by atoms with E-state index in [1.807, 2.05) is 0 Å². The Bertz CT molecular complexity index is 485. The van der Waals surface area contributed by atoms with E-state index in [1.54, 1.807) is 6.07 Å². The van der Waals surface area contributed by atoms with Crippen LogP contribution in [0.2, 0.25) is 0 Å². The van der Waals surface area contributed by atoms with Crippen LogP contribution < -0.4 is 0 Å². The maximum Gasteiger partial charge on any atom is 0.125 e. The minimum Gasteiger partial charge on any atom is -0.342 e. The van der Waals surface area contributed by atoms with Crippen LogP contribution in [0.4, 0.5) is 4.39 Å². The van der Waals surface area contributed by atoms with Crippen molar-refractivity contribution in [2.75, 3.05) is 0 Å². The number of aromatic amines is 1. The van der Waals surface area contributed by atoms with Crippen LogP contribution in [0.15, 0.2) is 18.2 Å². The van der Waals surface area contributed by atoms with E-state index in [1.165, 1.54) is 31.4 Å². The van der Waals surface area contributed by atoms with Crippen LogP contribution in [-0.4, -0.2) is 9.97 Å². The third-order valence-electron chi connectivity index (χ3n) is 3.20. The molecule has 1 aromatic heterocycles. The number of halogens is 1. The number of aromatic nitrogens is 2. The van der Waals surface area contributed by atoms with Crippen molar-refractivity contribution >= 4 is 11.0 Å². The summed E-state index contributed by atoms with van der Waals surface area (Å²) in [4.78, 5) is 7.64. The molecule has 15 heavy (non-hydrogen) atoms. The zero-order chi connectivity index (χ0) is 10.3. The normalized spacial score (nSPS) is 16.9. The first-order valence-electron chi connectivity index (χ1n) is 5.45. The van der Waals surface area contributed by atoms with Gasteiger partial charge in [-0.05, 0) is 24.1 Å². The fourth-order valence-corrected chi connectivity index (χ4v) is 2.10. The van der Waals surface area contributed by atoms with Crippen molar-refractivity contribution in [1.29, 1.82) is 0 Å². The van der Waals surface area contributed by atoms with Gasteiger partial charge < -0.3 is 4.98 Å². The molecule has 1 heterocycles. The number of benzene rings is 1. The summed E-state index contributed by atoms with van der Waals surface area (Å²) in [5.74, 6) is 1.58. The van der Waals surface area contributed by atoms with E-state index in [0.29, 0.717) is 0 Å². The van der Waals surface area contributed by atoms with E-state index in [0.717, 1.165) is 29.2 Å². The number of rotatable bonds is 2. The molecule has 0 spiro atoms. The van der Waals surface area contributed by atoms with Gasteiger partial charge in [-0.15, -0.1) is 0 Å². The predicted octanol–water partition coefficient (Wildman–Crippen LogP) is 3.04. The summed E-state index contributed by atoms with van der Waals surface area (Å²) in [6.07, 6.45) is 4.98. The summed E-state index contributed by atoms with van der Waals surface area (Å²) in [6.45, 7) is 0. The van der Waals surface area contributed by atoms with Crippen molar-refractivity contribution in [2.24, 2.45) is 5.92 Å². The summed E-state index contributed by atoms with van der Waals surface area (Å²) in [5.41, 5.74) is 1.68. The predicted molar refractivity (Wildman–Crippen MR) is 57.1 cm³/mol. The fraction of sp³-hybridized carbons (Fsp3) is 0.417. The highest BCUT2D eigenvalue weighted by molar-refractivity contribution is 5.74. The maximum atomic E-state index is 12.9. The van der Waals surface area contributed by atoms with Crippen molar-refractivity contribution < 1.29 is 4.39 Å². The molecule has 3 heteroatoms. The highest BCUT2D eigenvalue weighted by Crippen LogP contribution is 2.29. The van der Waals surface area contributed by atoms with Crippen LogP contribution in [0.5, 0.6) is 0 Å². The second kappa shape index (κ2) is 3.33. The number of nitrogens with one attached hydrogen (secondary N) is 1. The molecule has 0 radical (unpaired) electrons. The number of H-pyrrole nitrogens is 1. The van der Waals surface area contributed by atoms with Gasteiger partial charge in [0.15, 0.2) is 0 Å². The lowest BCUT2D eigenvalue weighted by Crippen LogP contribution is -2.14. The Kier molecular flexibility index (Phi) is 1.97. The molecule has 1 fully saturated rings. The van der Waals surface area contributed by atoms with Crippen LogP contribution in [0.3, 0.4) is 0 Å². The molecule has 2 nitrogen and oxygen atoms in total.